The highest BCUT2D eigenvalue weighted by atomic mass is 32.1. The molecule has 0 aromatic rings. The molecule has 0 saturated carbocycles. The predicted octanol–water partition coefficient (Wildman–Crippen LogP) is 1.62. The normalized spacial score (nSPS) is 15.5. The van der Waals surface area contributed by atoms with Crippen LogP contribution in [-0.4, -0.2) is 22.6 Å². The number of aliphatic carboxylic acids is 1. The Kier molecular flexibility index (Phi) is 4.47. The molecule has 13 heavy (non-hydrogen) atoms. The van der Waals surface area contributed by atoms with E-state index in [-0.39, 0.29) is 17.5 Å². The highest BCUT2D eigenvalue weighted by Gasteiger charge is 2.42. The molecule has 0 aliphatic carbocycles. The molecule has 0 aromatic carbocycles. The van der Waals surface area contributed by atoms with Gasteiger partial charge in [0.1, 0.15) is 11.2 Å². The summed E-state index contributed by atoms with van der Waals surface area (Å²) in [6, 6.07) is 0. The van der Waals surface area contributed by atoms with E-state index in [4.69, 9.17) is 5.11 Å². The fourth-order valence-corrected chi connectivity index (χ4v) is 1.81. The van der Waals surface area contributed by atoms with Crippen molar-refractivity contribution in [3.05, 3.63) is 0 Å². The van der Waals surface area contributed by atoms with Crippen molar-refractivity contribution in [1.29, 1.82) is 0 Å². The van der Waals surface area contributed by atoms with Crippen LogP contribution in [-0.2, 0) is 9.59 Å². The summed E-state index contributed by atoms with van der Waals surface area (Å²) >= 11 is 3.95. The molecular weight excluding hydrogens is 188 g/mol. The van der Waals surface area contributed by atoms with Gasteiger partial charge in [-0.25, -0.2) is 0 Å². The van der Waals surface area contributed by atoms with Crippen LogP contribution in [0.4, 0.5) is 0 Å². The van der Waals surface area contributed by atoms with E-state index in [2.05, 4.69) is 12.6 Å². The standard InChI is InChI=1S/C9H16O3S/c1-6(2)4-9(5-13,7(3)10)8(11)12/h6,13H,4-5H2,1-3H3,(H,11,12). The molecule has 0 amide bonds. The first-order chi connectivity index (χ1) is 5.86. The van der Waals surface area contributed by atoms with E-state index >= 15 is 0 Å². The lowest BCUT2D eigenvalue weighted by atomic mass is 9.78. The van der Waals surface area contributed by atoms with Gasteiger partial charge < -0.3 is 5.11 Å². The van der Waals surface area contributed by atoms with Crippen molar-refractivity contribution in [1.82, 2.24) is 0 Å². The molecule has 0 aliphatic heterocycles. The molecule has 4 heteroatoms. The number of carbonyl (C=O) groups is 2. The number of rotatable bonds is 5. The van der Waals surface area contributed by atoms with Crippen molar-refractivity contribution < 1.29 is 14.7 Å². The van der Waals surface area contributed by atoms with Crippen LogP contribution in [0.5, 0.6) is 0 Å². The van der Waals surface area contributed by atoms with E-state index in [1.807, 2.05) is 13.8 Å². The Bertz CT molecular complexity index is 197. The lowest BCUT2D eigenvalue weighted by molar-refractivity contribution is -0.153. The monoisotopic (exact) mass is 204 g/mol. The summed E-state index contributed by atoms with van der Waals surface area (Å²) in [6.07, 6.45) is 0.348. The molecule has 1 unspecified atom stereocenters. The molecule has 3 nitrogen and oxygen atoms in total. The first kappa shape index (κ1) is 12.5. The predicted molar refractivity (Wildman–Crippen MR) is 54.1 cm³/mol. The minimum absolute atomic E-state index is 0.0653. The second-order valence-corrected chi connectivity index (χ2v) is 4.02. The molecule has 0 bridgehead atoms. The lowest BCUT2D eigenvalue weighted by Gasteiger charge is -2.26. The zero-order valence-electron chi connectivity index (χ0n) is 8.20. The third-order valence-corrected chi connectivity index (χ3v) is 2.65. The number of carboxylic acid groups (broad SMARTS) is 1. The third kappa shape index (κ3) is 2.72. The average molecular weight is 204 g/mol. The van der Waals surface area contributed by atoms with Gasteiger partial charge in [0.25, 0.3) is 0 Å². The smallest absolute Gasteiger partial charge is 0.318 e. The van der Waals surface area contributed by atoms with Gasteiger partial charge in [0, 0.05) is 5.75 Å². The van der Waals surface area contributed by atoms with E-state index in [1.165, 1.54) is 6.92 Å². The number of hydrogen-bond acceptors (Lipinski definition) is 3. The summed E-state index contributed by atoms with van der Waals surface area (Å²) in [5.74, 6) is -1.14. The first-order valence-corrected chi connectivity index (χ1v) is 4.85. The number of thiol groups is 1. The zero-order chi connectivity index (χ0) is 10.6. The van der Waals surface area contributed by atoms with Crippen molar-refractivity contribution in [2.75, 3.05) is 5.75 Å². The second kappa shape index (κ2) is 4.65. The molecule has 1 N–H and O–H groups in total. The maximum atomic E-state index is 11.2. The molecule has 76 valence electrons. The summed E-state index contributed by atoms with van der Waals surface area (Å²) in [7, 11) is 0. The minimum Gasteiger partial charge on any atom is -0.480 e. The first-order valence-electron chi connectivity index (χ1n) is 4.22. The van der Waals surface area contributed by atoms with Crippen LogP contribution >= 0.6 is 12.6 Å². The number of carboxylic acids is 1. The minimum atomic E-state index is -1.29. The number of Topliss-reactive ketones (excluding diaryl/α,β-unsaturated/α-hetero) is 1. The number of carbonyl (C=O) groups excluding carboxylic acids is 1. The van der Waals surface area contributed by atoms with Crippen molar-refractivity contribution in [3.63, 3.8) is 0 Å². The number of ketones is 1. The summed E-state index contributed by atoms with van der Waals surface area (Å²) < 4.78 is 0. The van der Waals surface area contributed by atoms with Gasteiger partial charge in [-0.05, 0) is 19.3 Å². The van der Waals surface area contributed by atoms with Gasteiger partial charge in [0.05, 0.1) is 0 Å². The van der Waals surface area contributed by atoms with Gasteiger partial charge in [-0.15, -0.1) is 0 Å². The fraction of sp³-hybridized carbons (Fsp3) is 0.778. The van der Waals surface area contributed by atoms with E-state index < -0.39 is 11.4 Å². The molecular formula is C9H16O3S. The molecule has 1 atom stereocenters. The number of hydrogen-bond donors (Lipinski definition) is 2. The van der Waals surface area contributed by atoms with Crippen molar-refractivity contribution in [3.8, 4) is 0 Å². The Labute approximate surface area is 83.9 Å². The lowest BCUT2D eigenvalue weighted by Crippen LogP contribution is -2.41. The third-order valence-electron chi connectivity index (χ3n) is 2.11. The van der Waals surface area contributed by atoms with Crippen LogP contribution in [0.2, 0.25) is 0 Å². The van der Waals surface area contributed by atoms with Gasteiger partial charge in [0.15, 0.2) is 0 Å². The molecule has 0 fully saturated rings. The average Bonchev–Trinajstić information content (AvgIpc) is 1.98. The van der Waals surface area contributed by atoms with Crippen molar-refractivity contribution >= 4 is 24.4 Å². The molecule has 0 rings (SSSR count). The van der Waals surface area contributed by atoms with Crippen LogP contribution in [0.1, 0.15) is 27.2 Å². The molecule has 0 aliphatic rings. The van der Waals surface area contributed by atoms with Crippen LogP contribution in [0.15, 0.2) is 0 Å². The largest absolute Gasteiger partial charge is 0.480 e. The zero-order valence-corrected chi connectivity index (χ0v) is 9.10. The van der Waals surface area contributed by atoms with E-state index in [9.17, 15) is 9.59 Å². The van der Waals surface area contributed by atoms with Gasteiger partial charge in [-0.3, -0.25) is 9.59 Å². The van der Waals surface area contributed by atoms with Crippen LogP contribution in [0.3, 0.4) is 0 Å². The Morgan fingerprint density at radius 1 is 1.46 bits per heavy atom. The Morgan fingerprint density at radius 3 is 2.00 bits per heavy atom. The summed E-state index contributed by atoms with van der Waals surface area (Å²) in [6.45, 7) is 5.10. The summed E-state index contributed by atoms with van der Waals surface area (Å²) in [5, 5.41) is 8.97. The van der Waals surface area contributed by atoms with E-state index in [0.717, 1.165) is 0 Å². The molecule has 0 radical (unpaired) electrons. The summed E-state index contributed by atoms with van der Waals surface area (Å²) in [4.78, 5) is 22.2. The van der Waals surface area contributed by atoms with Crippen molar-refractivity contribution in [2.45, 2.75) is 27.2 Å². The Morgan fingerprint density at radius 2 is 1.92 bits per heavy atom. The fourth-order valence-electron chi connectivity index (χ4n) is 1.32. The molecule has 0 saturated heterocycles. The van der Waals surface area contributed by atoms with Gasteiger partial charge >= 0.3 is 5.97 Å². The Hall–Kier alpha value is -0.510. The van der Waals surface area contributed by atoms with E-state index in [0.29, 0.717) is 6.42 Å². The van der Waals surface area contributed by atoms with E-state index in [1.54, 1.807) is 0 Å². The SMILES string of the molecule is CC(=O)C(CS)(CC(C)C)C(=O)O. The maximum absolute atomic E-state index is 11.2. The summed E-state index contributed by atoms with van der Waals surface area (Å²) in [5.41, 5.74) is -1.29. The van der Waals surface area contributed by atoms with Gasteiger partial charge in [-0.1, -0.05) is 13.8 Å². The highest BCUT2D eigenvalue weighted by molar-refractivity contribution is 7.80. The Balaban J connectivity index is 4.87. The van der Waals surface area contributed by atoms with Gasteiger partial charge in [-0.2, -0.15) is 12.6 Å². The molecule has 0 aromatic heterocycles. The van der Waals surface area contributed by atoms with Crippen LogP contribution in [0, 0.1) is 11.3 Å². The quantitative estimate of drug-likeness (QED) is 0.528. The molecule has 0 heterocycles. The topological polar surface area (TPSA) is 54.4 Å². The van der Waals surface area contributed by atoms with Crippen LogP contribution in [0.25, 0.3) is 0 Å². The molecule has 0 spiro atoms. The maximum Gasteiger partial charge on any atom is 0.318 e. The second-order valence-electron chi connectivity index (χ2n) is 3.70. The van der Waals surface area contributed by atoms with Crippen LogP contribution < -0.4 is 0 Å². The van der Waals surface area contributed by atoms with Crippen molar-refractivity contribution in [2.24, 2.45) is 11.3 Å². The highest BCUT2D eigenvalue weighted by Crippen LogP contribution is 2.29. The van der Waals surface area contributed by atoms with Gasteiger partial charge in [0.2, 0.25) is 0 Å².